The van der Waals surface area contributed by atoms with Crippen LogP contribution in [0.5, 0.6) is 0 Å². The molecule has 0 aromatic carbocycles. The van der Waals surface area contributed by atoms with Gasteiger partial charge in [-0.15, -0.1) is 0 Å². The number of hydrogen-bond donors (Lipinski definition) is 0. The van der Waals surface area contributed by atoms with Crippen LogP contribution >= 0.6 is 15.9 Å². The summed E-state index contributed by atoms with van der Waals surface area (Å²) >= 11 is 3.36. The second-order valence-electron chi connectivity index (χ2n) is 2.93. The van der Waals surface area contributed by atoms with E-state index in [9.17, 15) is 4.39 Å². The van der Waals surface area contributed by atoms with E-state index >= 15 is 0 Å². The van der Waals surface area contributed by atoms with Crippen LogP contribution in [0.2, 0.25) is 0 Å². The number of nitrogens with zero attached hydrogens (tertiary/aromatic N) is 1. The largest absolute Gasteiger partial charge is 0.262 e. The van der Waals surface area contributed by atoms with Crippen molar-refractivity contribution in [1.82, 2.24) is 4.98 Å². The van der Waals surface area contributed by atoms with Gasteiger partial charge in [0.2, 0.25) is 0 Å². The molecule has 0 saturated heterocycles. The van der Waals surface area contributed by atoms with Gasteiger partial charge in [0.25, 0.3) is 0 Å². The number of hydrogen-bond acceptors (Lipinski definition) is 1. The quantitative estimate of drug-likeness (QED) is 0.730. The second kappa shape index (κ2) is 4.55. The molecule has 1 aromatic heterocycles. The lowest BCUT2D eigenvalue weighted by atomic mass is 10.0. The number of pyridine rings is 1. The van der Waals surface area contributed by atoms with Gasteiger partial charge in [0.1, 0.15) is 5.82 Å². The molecule has 0 aliphatic rings. The van der Waals surface area contributed by atoms with Crippen molar-refractivity contribution >= 4 is 15.9 Å². The molecule has 0 radical (unpaired) electrons. The van der Waals surface area contributed by atoms with Crippen LogP contribution in [0.1, 0.15) is 12.5 Å². The lowest BCUT2D eigenvalue weighted by Gasteiger charge is -2.07. The average Bonchev–Trinajstić information content (AvgIpc) is 2.09. The SMILES string of the molecule is CC(CBr)Cc1ccncc1F. The highest BCUT2D eigenvalue weighted by atomic mass is 79.9. The molecule has 0 aliphatic carbocycles. The Bertz CT molecular complexity index is 252. The number of rotatable bonds is 3. The van der Waals surface area contributed by atoms with E-state index in [1.807, 2.05) is 0 Å². The summed E-state index contributed by atoms with van der Waals surface area (Å²) in [6.45, 7) is 2.08. The molecule has 1 rings (SSSR count). The van der Waals surface area contributed by atoms with Crippen molar-refractivity contribution in [2.75, 3.05) is 5.33 Å². The third-order valence-electron chi connectivity index (χ3n) is 1.69. The van der Waals surface area contributed by atoms with Crippen molar-refractivity contribution in [3.8, 4) is 0 Å². The molecule has 0 fully saturated rings. The first-order chi connectivity index (χ1) is 5.74. The van der Waals surface area contributed by atoms with E-state index in [0.29, 0.717) is 5.92 Å². The fraction of sp³-hybridized carbons (Fsp3) is 0.444. The van der Waals surface area contributed by atoms with Crippen LogP contribution in [0.15, 0.2) is 18.5 Å². The van der Waals surface area contributed by atoms with Crippen LogP contribution in [0.25, 0.3) is 0 Å². The van der Waals surface area contributed by atoms with Gasteiger partial charge in [-0.05, 0) is 24.0 Å². The van der Waals surface area contributed by atoms with E-state index < -0.39 is 0 Å². The van der Waals surface area contributed by atoms with Gasteiger partial charge < -0.3 is 0 Å². The van der Waals surface area contributed by atoms with Crippen molar-refractivity contribution in [2.45, 2.75) is 13.3 Å². The maximum atomic E-state index is 13.0. The van der Waals surface area contributed by atoms with Crippen molar-refractivity contribution in [3.63, 3.8) is 0 Å². The van der Waals surface area contributed by atoms with Gasteiger partial charge in [-0.2, -0.15) is 0 Å². The summed E-state index contributed by atoms with van der Waals surface area (Å²) in [5, 5.41) is 0.898. The Morgan fingerprint density at radius 3 is 3.00 bits per heavy atom. The van der Waals surface area contributed by atoms with E-state index in [0.717, 1.165) is 17.3 Å². The van der Waals surface area contributed by atoms with Gasteiger partial charge in [0.15, 0.2) is 0 Å². The zero-order chi connectivity index (χ0) is 8.97. The van der Waals surface area contributed by atoms with Gasteiger partial charge in [0, 0.05) is 11.5 Å². The number of alkyl halides is 1. The van der Waals surface area contributed by atoms with Crippen LogP contribution in [-0.4, -0.2) is 10.3 Å². The van der Waals surface area contributed by atoms with Gasteiger partial charge >= 0.3 is 0 Å². The molecule has 1 heterocycles. The van der Waals surface area contributed by atoms with Gasteiger partial charge in [-0.1, -0.05) is 22.9 Å². The first kappa shape index (κ1) is 9.65. The molecule has 12 heavy (non-hydrogen) atoms. The van der Waals surface area contributed by atoms with Gasteiger partial charge in [-0.25, -0.2) is 4.39 Å². The molecule has 3 heteroatoms. The van der Waals surface area contributed by atoms with Crippen LogP contribution in [0, 0.1) is 11.7 Å². The summed E-state index contributed by atoms with van der Waals surface area (Å²) in [5.74, 6) is 0.257. The van der Waals surface area contributed by atoms with E-state index in [-0.39, 0.29) is 5.82 Å². The first-order valence-electron chi connectivity index (χ1n) is 3.88. The molecule has 0 amide bonds. The molecule has 1 nitrogen and oxygen atoms in total. The molecule has 1 atom stereocenters. The maximum Gasteiger partial charge on any atom is 0.144 e. The highest BCUT2D eigenvalue weighted by Gasteiger charge is 2.05. The second-order valence-corrected chi connectivity index (χ2v) is 3.58. The van der Waals surface area contributed by atoms with Crippen LogP contribution < -0.4 is 0 Å². The zero-order valence-electron chi connectivity index (χ0n) is 6.93. The summed E-state index contributed by atoms with van der Waals surface area (Å²) in [6, 6.07) is 1.73. The van der Waals surface area contributed by atoms with Crippen molar-refractivity contribution in [3.05, 3.63) is 29.8 Å². The minimum Gasteiger partial charge on any atom is -0.262 e. The van der Waals surface area contributed by atoms with Gasteiger partial charge in [0.05, 0.1) is 6.20 Å². The smallest absolute Gasteiger partial charge is 0.144 e. The lowest BCUT2D eigenvalue weighted by molar-refractivity contribution is 0.574. The molecule has 0 saturated carbocycles. The molecule has 0 N–H and O–H groups in total. The fourth-order valence-corrected chi connectivity index (χ4v) is 1.23. The molecular weight excluding hydrogens is 221 g/mol. The summed E-state index contributed by atoms with van der Waals surface area (Å²) in [7, 11) is 0. The minimum atomic E-state index is -0.203. The molecule has 66 valence electrons. The highest BCUT2D eigenvalue weighted by Crippen LogP contribution is 2.12. The first-order valence-corrected chi connectivity index (χ1v) is 5.00. The van der Waals surface area contributed by atoms with Crippen LogP contribution in [-0.2, 0) is 6.42 Å². The Labute approximate surface area is 80.1 Å². The Kier molecular flexibility index (Phi) is 3.66. The zero-order valence-corrected chi connectivity index (χ0v) is 8.51. The normalized spacial score (nSPS) is 12.9. The molecule has 1 aromatic rings. The molecule has 0 aliphatic heterocycles. The van der Waals surface area contributed by atoms with Crippen molar-refractivity contribution < 1.29 is 4.39 Å². The Hall–Kier alpha value is -0.440. The van der Waals surface area contributed by atoms with Crippen molar-refractivity contribution in [1.29, 1.82) is 0 Å². The molecule has 0 bridgehead atoms. The Morgan fingerprint density at radius 1 is 1.67 bits per heavy atom. The maximum absolute atomic E-state index is 13.0. The molecule has 0 spiro atoms. The van der Waals surface area contributed by atoms with Crippen LogP contribution in [0.4, 0.5) is 4.39 Å². The third kappa shape index (κ3) is 2.55. The summed E-state index contributed by atoms with van der Waals surface area (Å²) < 4.78 is 13.0. The Morgan fingerprint density at radius 2 is 2.42 bits per heavy atom. The van der Waals surface area contributed by atoms with E-state index in [1.165, 1.54) is 6.20 Å². The predicted molar refractivity (Wildman–Crippen MR) is 50.9 cm³/mol. The van der Waals surface area contributed by atoms with Gasteiger partial charge in [-0.3, -0.25) is 4.98 Å². The fourth-order valence-electron chi connectivity index (χ4n) is 1.000. The summed E-state index contributed by atoms with van der Waals surface area (Å²) in [5.41, 5.74) is 0.747. The van der Waals surface area contributed by atoms with E-state index in [4.69, 9.17) is 0 Å². The van der Waals surface area contributed by atoms with Crippen molar-refractivity contribution in [2.24, 2.45) is 5.92 Å². The predicted octanol–water partition coefficient (Wildman–Crippen LogP) is 2.79. The average molecular weight is 232 g/mol. The number of aromatic nitrogens is 1. The topological polar surface area (TPSA) is 12.9 Å². The van der Waals surface area contributed by atoms with Crippen LogP contribution in [0.3, 0.4) is 0 Å². The standard InChI is InChI=1S/C9H11BrFN/c1-7(5-10)4-8-2-3-12-6-9(8)11/h2-3,6-7H,4-5H2,1H3. The minimum absolute atomic E-state index is 0.203. The van der Waals surface area contributed by atoms with E-state index in [2.05, 4.69) is 27.8 Å². The summed E-state index contributed by atoms with van der Waals surface area (Å²) in [6.07, 6.45) is 3.65. The number of halogens is 2. The Balaban J connectivity index is 2.69. The summed E-state index contributed by atoms with van der Waals surface area (Å²) in [4.78, 5) is 3.69. The highest BCUT2D eigenvalue weighted by molar-refractivity contribution is 9.09. The van der Waals surface area contributed by atoms with E-state index in [1.54, 1.807) is 12.3 Å². The lowest BCUT2D eigenvalue weighted by Crippen LogP contribution is -2.02. The monoisotopic (exact) mass is 231 g/mol. The molecular formula is C9H11BrFN. The molecule has 1 unspecified atom stereocenters. The third-order valence-corrected chi connectivity index (χ3v) is 2.79.